The van der Waals surface area contributed by atoms with E-state index in [2.05, 4.69) is 10.6 Å². The summed E-state index contributed by atoms with van der Waals surface area (Å²) in [6, 6.07) is 4.44. The van der Waals surface area contributed by atoms with E-state index in [1.165, 1.54) is 4.90 Å². The highest BCUT2D eigenvalue weighted by Crippen LogP contribution is 2.23. The molecule has 2 rings (SSSR count). The minimum atomic E-state index is -0.597. The van der Waals surface area contributed by atoms with Crippen molar-refractivity contribution < 1.29 is 14.4 Å². The molecule has 6 heteroatoms. The van der Waals surface area contributed by atoms with Crippen molar-refractivity contribution in [1.82, 2.24) is 10.2 Å². The first-order chi connectivity index (χ1) is 9.38. The summed E-state index contributed by atoms with van der Waals surface area (Å²) in [7, 11) is 3.27. The summed E-state index contributed by atoms with van der Waals surface area (Å²) in [6.07, 6.45) is 0.340. The van der Waals surface area contributed by atoms with Gasteiger partial charge in [-0.1, -0.05) is 6.07 Å². The van der Waals surface area contributed by atoms with Gasteiger partial charge in [-0.25, -0.2) is 0 Å². The Morgan fingerprint density at radius 3 is 2.70 bits per heavy atom. The summed E-state index contributed by atoms with van der Waals surface area (Å²) >= 11 is 0. The SMILES string of the molecule is CC(NC(=O)c1ccc2c(c1)NC(=O)C2)C(=O)N(C)C. The van der Waals surface area contributed by atoms with Gasteiger partial charge in [0.2, 0.25) is 11.8 Å². The van der Waals surface area contributed by atoms with E-state index in [1.807, 2.05) is 0 Å². The van der Waals surface area contributed by atoms with Crippen molar-refractivity contribution in [2.24, 2.45) is 0 Å². The van der Waals surface area contributed by atoms with Crippen LogP contribution in [0.25, 0.3) is 0 Å². The molecular weight excluding hydrogens is 258 g/mol. The van der Waals surface area contributed by atoms with Crippen molar-refractivity contribution >= 4 is 23.4 Å². The summed E-state index contributed by atoms with van der Waals surface area (Å²) in [5, 5.41) is 5.33. The van der Waals surface area contributed by atoms with Crippen molar-refractivity contribution in [2.45, 2.75) is 19.4 Å². The number of carbonyl (C=O) groups excluding carboxylic acids is 3. The van der Waals surface area contributed by atoms with E-state index in [-0.39, 0.29) is 17.7 Å². The van der Waals surface area contributed by atoms with E-state index < -0.39 is 6.04 Å². The van der Waals surface area contributed by atoms with Gasteiger partial charge in [-0.15, -0.1) is 0 Å². The lowest BCUT2D eigenvalue weighted by Crippen LogP contribution is -2.44. The predicted molar refractivity (Wildman–Crippen MR) is 74.4 cm³/mol. The minimum Gasteiger partial charge on any atom is -0.347 e. The average Bonchev–Trinajstić information content (AvgIpc) is 2.76. The van der Waals surface area contributed by atoms with Crippen LogP contribution in [0.2, 0.25) is 0 Å². The molecule has 0 saturated carbocycles. The highest BCUT2D eigenvalue weighted by atomic mass is 16.2. The molecule has 1 aliphatic heterocycles. The number of nitrogens with one attached hydrogen (secondary N) is 2. The number of amides is 3. The van der Waals surface area contributed by atoms with Gasteiger partial charge in [0.25, 0.3) is 5.91 Å². The molecule has 0 bridgehead atoms. The Morgan fingerprint density at radius 2 is 2.05 bits per heavy atom. The van der Waals surface area contributed by atoms with Crippen molar-refractivity contribution in [1.29, 1.82) is 0 Å². The van der Waals surface area contributed by atoms with Crippen molar-refractivity contribution in [3.8, 4) is 0 Å². The standard InChI is InChI=1S/C14H17N3O3/c1-8(14(20)17(2)3)15-13(19)10-5-4-9-7-12(18)16-11(9)6-10/h4-6,8H,7H2,1-3H3,(H,15,19)(H,16,18). The molecule has 1 aliphatic rings. The number of anilines is 1. The lowest BCUT2D eigenvalue weighted by molar-refractivity contribution is -0.130. The molecule has 0 radical (unpaired) electrons. The molecule has 0 aromatic heterocycles. The molecule has 3 amide bonds. The molecule has 20 heavy (non-hydrogen) atoms. The van der Waals surface area contributed by atoms with Gasteiger partial charge in [0, 0.05) is 25.3 Å². The summed E-state index contributed by atoms with van der Waals surface area (Å²) in [6.45, 7) is 1.63. The van der Waals surface area contributed by atoms with Crippen LogP contribution in [0.3, 0.4) is 0 Å². The zero-order chi connectivity index (χ0) is 14.9. The molecule has 2 N–H and O–H groups in total. The Bertz CT molecular complexity index is 581. The van der Waals surface area contributed by atoms with E-state index >= 15 is 0 Å². The Balaban J connectivity index is 2.09. The average molecular weight is 275 g/mol. The Hall–Kier alpha value is -2.37. The number of nitrogens with zero attached hydrogens (tertiary/aromatic N) is 1. The van der Waals surface area contributed by atoms with Crippen LogP contribution in [-0.4, -0.2) is 42.8 Å². The molecule has 1 unspecified atom stereocenters. The number of likely N-dealkylation sites (N-methyl/N-ethyl adjacent to an activating group) is 1. The van der Waals surface area contributed by atoms with Crippen molar-refractivity contribution in [2.75, 3.05) is 19.4 Å². The van der Waals surface area contributed by atoms with E-state index in [0.29, 0.717) is 17.7 Å². The van der Waals surface area contributed by atoms with Gasteiger partial charge in [0.05, 0.1) is 6.42 Å². The van der Waals surface area contributed by atoms with Gasteiger partial charge < -0.3 is 15.5 Å². The van der Waals surface area contributed by atoms with Crippen molar-refractivity contribution in [3.05, 3.63) is 29.3 Å². The highest BCUT2D eigenvalue weighted by Gasteiger charge is 2.21. The predicted octanol–water partition coefficient (Wildman–Crippen LogP) is 0.388. The van der Waals surface area contributed by atoms with Crippen LogP contribution in [0.5, 0.6) is 0 Å². The quantitative estimate of drug-likeness (QED) is 0.837. The summed E-state index contributed by atoms with van der Waals surface area (Å²) in [5.74, 6) is -0.585. The molecule has 106 valence electrons. The molecule has 1 heterocycles. The van der Waals surface area contributed by atoms with Gasteiger partial charge in [-0.3, -0.25) is 14.4 Å². The van der Waals surface area contributed by atoms with E-state index in [0.717, 1.165) is 5.56 Å². The summed E-state index contributed by atoms with van der Waals surface area (Å²) < 4.78 is 0. The van der Waals surface area contributed by atoms with Gasteiger partial charge >= 0.3 is 0 Å². The first-order valence-electron chi connectivity index (χ1n) is 6.33. The molecule has 1 aromatic rings. The number of fused-ring (bicyclic) bond motifs is 1. The lowest BCUT2D eigenvalue weighted by atomic mass is 10.1. The molecular formula is C14H17N3O3. The van der Waals surface area contributed by atoms with Gasteiger partial charge in [-0.05, 0) is 24.6 Å². The van der Waals surface area contributed by atoms with Crippen LogP contribution in [0, 0.1) is 0 Å². The molecule has 1 atom stereocenters. The van der Waals surface area contributed by atoms with Crippen LogP contribution in [0.4, 0.5) is 5.69 Å². The normalized spacial score (nSPS) is 14.2. The maximum Gasteiger partial charge on any atom is 0.251 e. The zero-order valence-electron chi connectivity index (χ0n) is 11.7. The molecule has 0 saturated heterocycles. The Kier molecular flexibility index (Phi) is 3.74. The second-order valence-electron chi connectivity index (χ2n) is 5.02. The Morgan fingerprint density at radius 1 is 1.35 bits per heavy atom. The first-order valence-corrected chi connectivity index (χ1v) is 6.33. The van der Waals surface area contributed by atoms with Crippen LogP contribution in [-0.2, 0) is 16.0 Å². The van der Waals surface area contributed by atoms with Crippen LogP contribution in [0.1, 0.15) is 22.8 Å². The molecule has 0 spiro atoms. The summed E-state index contributed by atoms with van der Waals surface area (Å²) in [5.41, 5.74) is 1.96. The zero-order valence-corrected chi connectivity index (χ0v) is 11.7. The third-order valence-corrected chi connectivity index (χ3v) is 3.16. The maximum absolute atomic E-state index is 12.1. The van der Waals surface area contributed by atoms with Crippen LogP contribution < -0.4 is 10.6 Å². The van der Waals surface area contributed by atoms with E-state index in [4.69, 9.17) is 0 Å². The smallest absolute Gasteiger partial charge is 0.251 e. The maximum atomic E-state index is 12.1. The van der Waals surface area contributed by atoms with Gasteiger partial charge in [0.1, 0.15) is 6.04 Å². The van der Waals surface area contributed by atoms with Gasteiger partial charge in [-0.2, -0.15) is 0 Å². The van der Waals surface area contributed by atoms with Gasteiger partial charge in [0.15, 0.2) is 0 Å². The summed E-state index contributed by atoms with van der Waals surface area (Å²) in [4.78, 5) is 36.4. The van der Waals surface area contributed by atoms with Crippen LogP contribution in [0.15, 0.2) is 18.2 Å². The monoisotopic (exact) mass is 275 g/mol. The molecule has 6 nitrogen and oxygen atoms in total. The molecule has 0 aliphatic carbocycles. The lowest BCUT2D eigenvalue weighted by Gasteiger charge is -2.18. The second kappa shape index (κ2) is 5.32. The van der Waals surface area contributed by atoms with E-state index in [1.54, 1.807) is 39.2 Å². The molecule has 0 fully saturated rings. The largest absolute Gasteiger partial charge is 0.347 e. The highest BCUT2D eigenvalue weighted by molar-refractivity contribution is 6.03. The number of rotatable bonds is 3. The van der Waals surface area contributed by atoms with Crippen LogP contribution >= 0.6 is 0 Å². The number of hydrogen-bond acceptors (Lipinski definition) is 3. The third kappa shape index (κ3) is 2.79. The fourth-order valence-corrected chi connectivity index (χ4v) is 2.08. The topological polar surface area (TPSA) is 78.5 Å². The number of benzene rings is 1. The molecule has 1 aromatic carbocycles. The Labute approximate surface area is 117 Å². The number of hydrogen-bond donors (Lipinski definition) is 2. The first kappa shape index (κ1) is 14.0. The second-order valence-corrected chi connectivity index (χ2v) is 5.02. The van der Waals surface area contributed by atoms with E-state index in [9.17, 15) is 14.4 Å². The number of carbonyl (C=O) groups is 3. The van der Waals surface area contributed by atoms with Crippen molar-refractivity contribution in [3.63, 3.8) is 0 Å². The fourth-order valence-electron chi connectivity index (χ4n) is 2.08. The third-order valence-electron chi connectivity index (χ3n) is 3.16. The fraction of sp³-hybridized carbons (Fsp3) is 0.357. The minimum absolute atomic E-state index is 0.0753.